The minimum absolute atomic E-state index is 0. The fourth-order valence-corrected chi connectivity index (χ4v) is 2.98. The van der Waals surface area contributed by atoms with Gasteiger partial charge in [-0.1, -0.05) is 50.8 Å². The first kappa shape index (κ1) is 21.8. The number of unbranched alkanes of at least 4 members (excludes halogenated alkanes) is 3. The Bertz CT molecular complexity index is 615. The quantitative estimate of drug-likeness (QED) is 0.622. The molecular weight excluding hydrogens is 333 g/mol. The lowest BCUT2D eigenvalue weighted by Crippen LogP contribution is -2.40. The standard InChI is InChI=1S/C17H25N3O.2ClH/c1-2-3-4-7-10-17(19,11-16(18)21)14-12-20-15-9-6-5-8-13(14)15;;/h5-6,8-9,12,20H,2-4,7,10-11,19H2,1H3,(H2,18,21);2*1H. The first-order valence-corrected chi connectivity index (χ1v) is 7.70. The number of hydrogen-bond donors (Lipinski definition) is 3. The number of H-pyrrole nitrogens is 1. The van der Waals surface area contributed by atoms with Crippen LogP contribution in [0.4, 0.5) is 0 Å². The number of aromatic nitrogens is 1. The number of primary amides is 1. The number of aromatic amines is 1. The van der Waals surface area contributed by atoms with Crippen molar-refractivity contribution in [3.8, 4) is 0 Å². The smallest absolute Gasteiger partial charge is 0.219 e. The molecule has 4 nitrogen and oxygen atoms in total. The first-order chi connectivity index (χ1) is 10.1. The summed E-state index contributed by atoms with van der Waals surface area (Å²) in [5.74, 6) is -0.349. The van der Waals surface area contributed by atoms with Gasteiger partial charge in [-0.2, -0.15) is 0 Å². The van der Waals surface area contributed by atoms with Crippen molar-refractivity contribution < 1.29 is 4.79 Å². The molecule has 0 aliphatic heterocycles. The molecule has 2 aromatic rings. The van der Waals surface area contributed by atoms with Gasteiger partial charge in [0, 0.05) is 23.5 Å². The van der Waals surface area contributed by atoms with Crippen LogP contribution in [0.5, 0.6) is 0 Å². The van der Waals surface area contributed by atoms with Crippen LogP contribution in [0.1, 0.15) is 51.0 Å². The molecule has 0 aliphatic rings. The van der Waals surface area contributed by atoms with Gasteiger partial charge in [-0.25, -0.2) is 0 Å². The number of amides is 1. The van der Waals surface area contributed by atoms with E-state index < -0.39 is 5.54 Å². The third-order valence-electron chi connectivity index (χ3n) is 4.09. The van der Waals surface area contributed by atoms with E-state index in [1.807, 2.05) is 30.5 Å². The molecule has 0 fully saturated rings. The van der Waals surface area contributed by atoms with Crippen molar-refractivity contribution in [2.45, 2.75) is 51.0 Å². The predicted molar refractivity (Wildman–Crippen MR) is 101 cm³/mol. The molecule has 0 radical (unpaired) electrons. The second-order valence-electron chi connectivity index (χ2n) is 5.86. The van der Waals surface area contributed by atoms with Gasteiger partial charge in [0.1, 0.15) is 0 Å². The third kappa shape index (κ3) is 5.41. The van der Waals surface area contributed by atoms with Crippen LogP contribution in [0.3, 0.4) is 0 Å². The molecule has 1 amide bonds. The number of rotatable bonds is 8. The second-order valence-corrected chi connectivity index (χ2v) is 5.86. The summed E-state index contributed by atoms with van der Waals surface area (Å²) in [6.45, 7) is 2.18. The van der Waals surface area contributed by atoms with E-state index in [9.17, 15) is 4.79 Å². The average Bonchev–Trinajstić information content (AvgIpc) is 2.87. The lowest BCUT2D eigenvalue weighted by atomic mass is 9.82. The van der Waals surface area contributed by atoms with Crippen molar-refractivity contribution in [2.75, 3.05) is 0 Å². The van der Waals surface area contributed by atoms with Gasteiger partial charge in [-0.15, -0.1) is 24.8 Å². The van der Waals surface area contributed by atoms with Crippen LogP contribution in [0.25, 0.3) is 10.9 Å². The fourth-order valence-electron chi connectivity index (χ4n) is 2.98. The lowest BCUT2D eigenvalue weighted by molar-refractivity contribution is -0.119. The molecule has 0 aliphatic carbocycles. The van der Waals surface area contributed by atoms with E-state index in [4.69, 9.17) is 11.5 Å². The van der Waals surface area contributed by atoms with Crippen LogP contribution < -0.4 is 11.5 Å². The van der Waals surface area contributed by atoms with Crippen molar-refractivity contribution in [3.05, 3.63) is 36.0 Å². The van der Waals surface area contributed by atoms with Crippen molar-refractivity contribution in [3.63, 3.8) is 0 Å². The number of fused-ring (bicyclic) bond motifs is 1. The molecule has 1 heterocycles. The minimum atomic E-state index is -0.681. The maximum atomic E-state index is 11.5. The van der Waals surface area contributed by atoms with E-state index in [-0.39, 0.29) is 37.1 Å². The summed E-state index contributed by atoms with van der Waals surface area (Å²) in [6.07, 6.45) is 7.40. The van der Waals surface area contributed by atoms with E-state index in [0.717, 1.165) is 35.7 Å². The molecule has 1 unspecified atom stereocenters. The maximum absolute atomic E-state index is 11.5. The highest BCUT2D eigenvalue weighted by atomic mass is 35.5. The van der Waals surface area contributed by atoms with Crippen molar-refractivity contribution in [1.29, 1.82) is 0 Å². The average molecular weight is 360 g/mol. The molecule has 5 N–H and O–H groups in total. The summed E-state index contributed by atoms with van der Waals surface area (Å²) >= 11 is 0. The summed E-state index contributed by atoms with van der Waals surface area (Å²) in [4.78, 5) is 14.7. The van der Waals surface area contributed by atoms with E-state index in [1.165, 1.54) is 12.8 Å². The van der Waals surface area contributed by atoms with Crippen LogP contribution in [-0.4, -0.2) is 10.9 Å². The van der Waals surface area contributed by atoms with E-state index in [1.54, 1.807) is 0 Å². The Labute approximate surface area is 150 Å². The van der Waals surface area contributed by atoms with E-state index in [0.29, 0.717) is 0 Å². The largest absolute Gasteiger partial charge is 0.370 e. The van der Waals surface area contributed by atoms with Crippen molar-refractivity contribution >= 4 is 41.6 Å². The molecule has 1 atom stereocenters. The Kier molecular flexibility index (Phi) is 9.28. The van der Waals surface area contributed by atoms with Gasteiger partial charge in [0.25, 0.3) is 0 Å². The molecule has 130 valence electrons. The molecular formula is C17H27Cl2N3O. The van der Waals surface area contributed by atoms with E-state index >= 15 is 0 Å². The number of carbonyl (C=O) groups is 1. The topological polar surface area (TPSA) is 84.9 Å². The fraction of sp³-hybridized carbons (Fsp3) is 0.471. The van der Waals surface area contributed by atoms with Gasteiger partial charge < -0.3 is 16.5 Å². The van der Waals surface area contributed by atoms with Crippen LogP contribution in [0.2, 0.25) is 0 Å². The van der Waals surface area contributed by atoms with Gasteiger partial charge in [0.2, 0.25) is 5.91 Å². The summed E-state index contributed by atoms with van der Waals surface area (Å²) in [5.41, 5.74) is 13.4. The Hall–Kier alpha value is -1.23. The monoisotopic (exact) mass is 359 g/mol. The van der Waals surface area contributed by atoms with Crippen LogP contribution >= 0.6 is 24.8 Å². The van der Waals surface area contributed by atoms with E-state index in [2.05, 4.69) is 11.9 Å². The second kappa shape index (κ2) is 9.81. The Morgan fingerprint density at radius 2 is 1.87 bits per heavy atom. The molecule has 0 saturated carbocycles. The maximum Gasteiger partial charge on any atom is 0.219 e. The highest BCUT2D eigenvalue weighted by molar-refractivity contribution is 5.86. The Balaban J connectivity index is 0.00000242. The van der Waals surface area contributed by atoms with Crippen LogP contribution in [0, 0.1) is 0 Å². The summed E-state index contributed by atoms with van der Waals surface area (Å²) in [5, 5.41) is 1.08. The Morgan fingerprint density at radius 1 is 1.17 bits per heavy atom. The molecule has 2 rings (SSSR count). The van der Waals surface area contributed by atoms with Crippen molar-refractivity contribution in [2.24, 2.45) is 11.5 Å². The number of para-hydroxylation sites is 1. The molecule has 1 aromatic heterocycles. The molecule has 0 bridgehead atoms. The normalized spacial score (nSPS) is 13.0. The van der Waals surface area contributed by atoms with Gasteiger partial charge in [-0.05, 0) is 18.1 Å². The van der Waals surface area contributed by atoms with Gasteiger partial charge in [0.05, 0.1) is 5.54 Å². The summed E-state index contributed by atoms with van der Waals surface area (Å²) in [6, 6.07) is 8.02. The van der Waals surface area contributed by atoms with Gasteiger partial charge in [0.15, 0.2) is 0 Å². The SMILES string of the molecule is CCCCCCC(N)(CC(N)=O)c1c[nH]c2ccccc12.Cl.Cl. The number of halogens is 2. The third-order valence-corrected chi connectivity index (χ3v) is 4.09. The zero-order valence-corrected chi connectivity index (χ0v) is 15.1. The number of nitrogens with two attached hydrogens (primary N) is 2. The number of benzene rings is 1. The zero-order chi connectivity index (χ0) is 15.3. The first-order valence-electron chi connectivity index (χ1n) is 7.70. The molecule has 0 spiro atoms. The highest BCUT2D eigenvalue weighted by Gasteiger charge is 2.31. The van der Waals surface area contributed by atoms with Crippen molar-refractivity contribution in [1.82, 2.24) is 4.98 Å². The number of hydrogen-bond acceptors (Lipinski definition) is 2. The van der Waals surface area contributed by atoms with Crippen LogP contribution in [0.15, 0.2) is 30.5 Å². The minimum Gasteiger partial charge on any atom is -0.370 e. The number of carbonyl (C=O) groups excluding carboxylic acids is 1. The van der Waals surface area contributed by atoms with Gasteiger partial charge in [-0.3, -0.25) is 4.79 Å². The van der Waals surface area contributed by atoms with Gasteiger partial charge >= 0.3 is 0 Å². The molecule has 0 saturated heterocycles. The number of nitrogens with one attached hydrogen (secondary N) is 1. The molecule has 6 heteroatoms. The predicted octanol–water partition coefficient (Wildman–Crippen LogP) is 4.01. The molecule has 23 heavy (non-hydrogen) atoms. The highest BCUT2D eigenvalue weighted by Crippen LogP contribution is 2.33. The molecule has 1 aromatic carbocycles. The summed E-state index contributed by atoms with van der Waals surface area (Å²) in [7, 11) is 0. The lowest BCUT2D eigenvalue weighted by Gasteiger charge is -2.28. The Morgan fingerprint density at radius 3 is 2.52 bits per heavy atom. The van der Waals surface area contributed by atoms with Crippen LogP contribution in [-0.2, 0) is 10.3 Å². The zero-order valence-electron chi connectivity index (χ0n) is 13.5. The summed E-state index contributed by atoms with van der Waals surface area (Å²) < 4.78 is 0.